The summed E-state index contributed by atoms with van der Waals surface area (Å²) in [4.78, 5) is 4.43. The van der Waals surface area contributed by atoms with Gasteiger partial charge in [0.15, 0.2) is 0 Å². The van der Waals surface area contributed by atoms with Gasteiger partial charge in [-0.2, -0.15) is 16.7 Å². The largest absolute Gasteiger partial charge is 0.476 e. The van der Waals surface area contributed by atoms with Crippen LogP contribution in [-0.2, 0) is 0 Å². The number of nitrogens with one attached hydrogen (secondary N) is 1. The summed E-state index contributed by atoms with van der Waals surface area (Å²) in [5.74, 6) is 1.40. The molecule has 5 heteroatoms. The second kappa shape index (κ2) is 6.89. The number of nitrogen functional groups attached to an aromatic ring is 1. The lowest BCUT2D eigenvalue weighted by molar-refractivity contribution is 0.329. The van der Waals surface area contributed by atoms with Gasteiger partial charge in [-0.05, 0) is 51.0 Å². The van der Waals surface area contributed by atoms with E-state index in [4.69, 9.17) is 10.5 Å². The summed E-state index contributed by atoms with van der Waals surface area (Å²) in [6.07, 6.45) is 7.19. The van der Waals surface area contributed by atoms with Gasteiger partial charge in [0.1, 0.15) is 5.82 Å². The summed E-state index contributed by atoms with van der Waals surface area (Å²) in [5.41, 5.74) is 6.42. The van der Waals surface area contributed by atoms with Crippen molar-refractivity contribution < 1.29 is 4.74 Å². The fourth-order valence-corrected chi connectivity index (χ4v) is 3.18. The van der Waals surface area contributed by atoms with Crippen molar-refractivity contribution in [2.24, 2.45) is 0 Å². The molecule has 1 aromatic heterocycles. The first-order valence-corrected chi connectivity index (χ1v) is 8.20. The van der Waals surface area contributed by atoms with E-state index in [2.05, 4.69) is 16.6 Å². The molecule has 0 amide bonds. The number of thioether (sulfide) groups is 1. The summed E-state index contributed by atoms with van der Waals surface area (Å²) >= 11 is 1.99. The van der Waals surface area contributed by atoms with Crippen molar-refractivity contribution in [3.63, 3.8) is 0 Å². The van der Waals surface area contributed by atoms with Gasteiger partial charge in [0.05, 0.1) is 12.3 Å². The third kappa shape index (κ3) is 3.93. The van der Waals surface area contributed by atoms with Crippen LogP contribution < -0.4 is 15.8 Å². The van der Waals surface area contributed by atoms with Crippen molar-refractivity contribution in [1.82, 2.24) is 4.98 Å². The molecule has 0 aromatic carbocycles. The molecule has 0 spiro atoms. The summed E-state index contributed by atoms with van der Waals surface area (Å²) in [6, 6.07) is 4.31. The van der Waals surface area contributed by atoms with Crippen LogP contribution in [0.3, 0.4) is 0 Å². The van der Waals surface area contributed by atoms with E-state index >= 15 is 0 Å². The Kier molecular flexibility index (Phi) is 5.19. The van der Waals surface area contributed by atoms with Gasteiger partial charge in [-0.1, -0.05) is 0 Å². The molecule has 4 nitrogen and oxygen atoms in total. The maximum absolute atomic E-state index is 5.83. The summed E-state index contributed by atoms with van der Waals surface area (Å²) in [7, 11) is 0. The standard InChI is InChI=1S/C14H23N3OS/c1-3-18-14-12(15)8-9-13(17-14)16-10-4-6-11(19-2)7-5-10/h8-11H,3-7,15H2,1-2H3,(H,16,17). The molecule has 0 atom stereocenters. The molecule has 3 N–H and O–H groups in total. The van der Waals surface area contributed by atoms with E-state index in [0.29, 0.717) is 24.2 Å². The van der Waals surface area contributed by atoms with E-state index in [-0.39, 0.29) is 0 Å². The highest BCUT2D eigenvalue weighted by Gasteiger charge is 2.20. The molecule has 0 saturated heterocycles. The van der Waals surface area contributed by atoms with Crippen LogP contribution in [0, 0.1) is 0 Å². The molecule has 1 aromatic rings. The number of nitrogens with two attached hydrogens (primary N) is 1. The van der Waals surface area contributed by atoms with Gasteiger partial charge in [-0.25, -0.2) is 0 Å². The predicted molar refractivity (Wildman–Crippen MR) is 83.0 cm³/mol. The summed E-state index contributed by atoms with van der Waals surface area (Å²) in [5, 5.41) is 4.33. The molecule has 0 radical (unpaired) electrons. The van der Waals surface area contributed by atoms with Gasteiger partial charge in [0.2, 0.25) is 5.88 Å². The van der Waals surface area contributed by atoms with E-state index in [0.717, 1.165) is 11.1 Å². The Morgan fingerprint density at radius 1 is 1.37 bits per heavy atom. The number of anilines is 2. The molecule has 0 aliphatic heterocycles. The Hall–Kier alpha value is -1.10. The molecule has 106 valence electrons. The van der Waals surface area contributed by atoms with Crippen LogP contribution in [-0.4, -0.2) is 29.1 Å². The van der Waals surface area contributed by atoms with Gasteiger partial charge >= 0.3 is 0 Å². The maximum Gasteiger partial charge on any atom is 0.239 e. The zero-order valence-corrected chi connectivity index (χ0v) is 12.5. The van der Waals surface area contributed by atoms with Gasteiger partial charge in [-0.15, -0.1) is 0 Å². The SMILES string of the molecule is CCOc1nc(NC2CCC(SC)CC2)ccc1N. The molecule has 1 fully saturated rings. The van der Waals surface area contributed by atoms with Crippen LogP contribution in [0.1, 0.15) is 32.6 Å². The highest BCUT2D eigenvalue weighted by atomic mass is 32.2. The number of ether oxygens (including phenoxy) is 1. The van der Waals surface area contributed by atoms with Crippen LogP contribution in [0.4, 0.5) is 11.5 Å². The molecule has 19 heavy (non-hydrogen) atoms. The average Bonchev–Trinajstić information content (AvgIpc) is 2.44. The number of nitrogens with zero attached hydrogens (tertiary/aromatic N) is 1. The molecule has 0 bridgehead atoms. The molecule has 0 unspecified atom stereocenters. The molecule has 1 heterocycles. The normalized spacial score (nSPS) is 23.1. The lowest BCUT2D eigenvalue weighted by Crippen LogP contribution is -2.27. The van der Waals surface area contributed by atoms with Crippen molar-refractivity contribution >= 4 is 23.3 Å². The molecule has 1 saturated carbocycles. The summed E-state index contributed by atoms with van der Waals surface area (Å²) in [6.45, 7) is 2.52. The minimum absolute atomic E-state index is 0.522. The van der Waals surface area contributed by atoms with Crippen LogP contribution in [0.25, 0.3) is 0 Å². The molecular formula is C14H23N3OS. The maximum atomic E-state index is 5.83. The monoisotopic (exact) mass is 281 g/mol. The van der Waals surface area contributed by atoms with E-state index in [1.807, 2.05) is 30.8 Å². The van der Waals surface area contributed by atoms with Gasteiger partial charge in [-0.3, -0.25) is 0 Å². The first-order valence-electron chi connectivity index (χ1n) is 6.91. The lowest BCUT2D eigenvalue weighted by Gasteiger charge is -2.28. The fourth-order valence-electron chi connectivity index (χ4n) is 2.44. The van der Waals surface area contributed by atoms with Gasteiger partial charge in [0.25, 0.3) is 0 Å². The molecule has 1 aliphatic carbocycles. The quantitative estimate of drug-likeness (QED) is 0.868. The third-order valence-corrected chi connectivity index (χ3v) is 4.67. The summed E-state index contributed by atoms with van der Waals surface area (Å²) < 4.78 is 5.42. The Labute approximate surface area is 119 Å². The number of hydrogen-bond acceptors (Lipinski definition) is 5. The lowest BCUT2D eigenvalue weighted by atomic mass is 9.95. The fraction of sp³-hybridized carbons (Fsp3) is 0.643. The number of rotatable bonds is 5. The average molecular weight is 281 g/mol. The van der Waals surface area contributed by atoms with Crippen molar-refractivity contribution in [1.29, 1.82) is 0 Å². The van der Waals surface area contributed by atoms with Crippen molar-refractivity contribution in [2.75, 3.05) is 23.9 Å². The Balaban J connectivity index is 1.94. The van der Waals surface area contributed by atoms with Crippen molar-refractivity contribution in [2.45, 2.75) is 43.9 Å². The van der Waals surface area contributed by atoms with E-state index in [1.165, 1.54) is 25.7 Å². The number of aromatic nitrogens is 1. The van der Waals surface area contributed by atoms with E-state index in [1.54, 1.807) is 0 Å². The number of pyridine rings is 1. The smallest absolute Gasteiger partial charge is 0.239 e. The van der Waals surface area contributed by atoms with Gasteiger partial charge < -0.3 is 15.8 Å². The van der Waals surface area contributed by atoms with Crippen molar-refractivity contribution in [3.05, 3.63) is 12.1 Å². The zero-order chi connectivity index (χ0) is 13.7. The van der Waals surface area contributed by atoms with Gasteiger partial charge in [0, 0.05) is 11.3 Å². The molecule has 1 aliphatic rings. The zero-order valence-electron chi connectivity index (χ0n) is 11.7. The predicted octanol–water partition coefficient (Wildman–Crippen LogP) is 3.15. The topological polar surface area (TPSA) is 60.2 Å². The van der Waals surface area contributed by atoms with Crippen molar-refractivity contribution in [3.8, 4) is 5.88 Å². The van der Waals surface area contributed by atoms with Crippen LogP contribution in [0.5, 0.6) is 5.88 Å². The first-order chi connectivity index (χ1) is 9.22. The minimum Gasteiger partial charge on any atom is -0.476 e. The third-order valence-electron chi connectivity index (χ3n) is 3.53. The van der Waals surface area contributed by atoms with E-state index in [9.17, 15) is 0 Å². The molecule has 2 rings (SSSR count). The highest BCUT2D eigenvalue weighted by molar-refractivity contribution is 7.99. The second-order valence-corrected chi connectivity index (χ2v) is 6.02. The minimum atomic E-state index is 0.522. The Bertz CT molecular complexity index is 406. The molecular weight excluding hydrogens is 258 g/mol. The Morgan fingerprint density at radius 3 is 2.74 bits per heavy atom. The second-order valence-electron chi connectivity index (χ2n) is 4.88. The van der Waals surface area contributed by atoms with Crippen LogP contribution in [0.2, 0.25) is 0 Å². The first kappa shape index (κ1) is 14.3. The van der Waals surface area contributed by atoms with Crippen LogP contribution in [0.15, 0.2) is 12.1 Å². The number of hydrogen-bond donors (Lipinski definition) is 2. The Morgan fingerprint density at radius 2 is 2.11 bits per heavy atom. The van der Waals surface area contributed by atoms with Crippen LogP contribution >= 0.6 is 11.8 Å². The van der Waals surface area contributed by atoms with E-state index < -0.39 is 0 Å². The highest BCUT2D eigenvalue weighted by Crippen LogP contribution is 2.29.